The molecule has 0 atom stereocenters. The standard InChI is InChI=1S/C15H16N4O2/c1-9-3-5-12(7-10(9)2)18-15(20)13-6-4-11(8-17-13)14(16)19-21/h3-8,21H,1-2H3,(H2,16,19)(H,18,20). The van der Waals surface area contributed by atoms with Crippen molar-refractivity contribution in [2.45, 2.75) is 13.8 Å². The maximum Gasteiger partial charge on any atom is 0.274 e. The number of anilines is 1. The number of pyridine rings is 1. The molecule has 0 spiro atoms. The van der Waals surface area contributed by atoms with Crippen LogP contribution >= 0.6 is 0 Å². The van der Waals surface area contributed by atoms with Gasteiger partial charge in [-0.25, -0.2) is 0 Å². The van der Waals surface area contributed by atoms with Crippen LogP contribution < -0.4 is 11.1 Å². The van der Waals surface area contributed by atoms with Crippen LogP contribution in [0, 0.1) is 13.8 Å². The van der Waals surface area contributed by atoms with Gasteiger partial charge in [-0.15, -0.1) is 0 Å². The summed E-state index contributed by atoms with van der Waals surface area (Å²) in [7, 11) is 0. The molecule has 0 bridgehead atoms. The molecule has 0 aliphatic rings. The molecular formula is C15H16N4O2. The number of hydrogen-bond acceptors (Lipinski definition) is 4. The lowest BCUT2D eigenvalue weighted by Crippen LogP contribution is -2.16. The van der Waals surface area contributed by atoms with E-state index in [4.69, 9.17) is 10.9 Å². The highest BCUT2D eigenvalue weighted by Gasteiger charge is 2.09. The highest BCUT2D eigenvalue weighted by atomic mass is 16.4. The third-order valence-corrected chi connectivity index (χ3v) is 3.16. The smallest absolute Gasteiger partial charge is 0.274 e. The number of rotatable bonds is 3. The zero-order valence-electron chi connectivity index (χ0n) is 11.8. The number of aromatic nitrogens is 1. The molecule has 0 aliphatic carbocycles. The van der Waals surface area contributed by atoms with Crippen molar-refractivity contribution in [1.29, 1.82) is 0 Å². The first kappa shape index (κ1) is 14.5. The molecular weight excluding hydrogens is 268 g/mol. The van der Waals surface area contributed by atoms with Crippen molar-refractivity contribution in [3.63, 3.8) is 0 Å². The fraction of sp³-hybridized carbons (Fsp3) is 0.133. The van der Waals surface area contributed by atoms with Crippen LogP contribution in [0.15, 0.2) is 41.7 Å². The van der Waals surface area contributed by atoms with E-state index in [1.165, 1.54) is 12.3 Å². The molecule has 0 fully saturated rings. The fourth-order valence-electron chi connectivity index (χ4n) is 1.75. The van der Waals surface area contributed by atoms with Gasteiger partial charge in [-0.05, 0) is 49.2 Å². The molecule has 21 heavy (non-hydrogen) atoms. The van der Waals surface area contributed by atoms with Crippen molar-refractivity contribution in [3.05, 3.63) is 58.9 Å². The Hall–Kier alpha value is -2.89. The van der Waals surface area contributed by atoms with Crippen molar-refractivity contribution >= 4 is 17.4 Å². The predicted molar refractivity (Wildman–Crippen MR) is 80.6 cm³/mol. The Morgan fingerprint density at radius 2 is 2.00 bits per heavy atom. The lowest BCUT2D eigenvalue weighted by molar-refractivity contribution is 0.102. The second-order valence-corrected chi connectivity index (χ2v) is 4.67. The van der Waals surface area contributed by atoms with Gasteiger partial charge in [-0.2, -0.15) is 0 Å². The van der Waals surface area contributed by atoms with Crippen LogP contribution in [0.25, 0.3) is 0 Å². The molecule has 1 aromatic heterocycles. The first-order chi connectivity index (χ1) is 10.0. The molecule has 6 heteroatoms. The molecule has 0 saturated heterocycles. The van der Waals surface area contributed by atoms with Crippen molar-refractivity contribution in [1.82, 2.24) is 4.98 Å². The Kier molecular flexibility index (Phi) is 4.18. The summed E-state index contributed by atoms with van der Waals surface area (Å²) in [5.41, 5.74) is 9.11. The van der Waals surface area contributed by atoms with Crippen LogP contribution in [0.5, 0.6) is 0 Å². The number of nitrogens with two attached hydrogens (primary N) is 1. The third-order valence-electron chi connectivity index (χ3n) is 3.16. The maximum absolute atomic E-state index is 12.1. The molecule has 4 N–H and O–H groups in total. The number of oxime groups is 1. The molecule has 0 unspecified atom stereocenters. The summed E-state index contributed by atoms with van der Waals surface area (Å²) in [6.07, 6.45) is 1.38. The highest BCUT2D eigenvalue weighted by Crippen LogP contribution is 2.15. The normalized spacial score (nSPS) is 11.2. The lowest BCUT2D eigenvalue weighted by Gasteiger charge is -2.07. The van der Waals surface area contributed by atoms with E-state index < -0.39 is 0 Å². The van der Waals surface area contributed by atoms with E-state index >= 15 is 0 Å². The van der Waals surface area contributed by atoms with Gasteiger partial charge in [-0.3, -0.25) is 9.78 Å². The van der Waals surface area contributed by atoms with Gasteiger partial charge >= 0.3 is 0 Å². The number of nitrogens with zero attached hydrogens (tertiary/aromatic N) is 2. The number of benzene rings is 1. The van der Waals surface area contributed by atoms with Crippen LogP contribution in [-0.4, -0.2) is 21.9 Å². The van der Waals surface area contributed by atoms with Crippen molar-refractivity contribution in [2.75, 3.05) is 5.32 Å². The van der Waals surface area contributed by atoms with Crippen molar-refractivity contribution in [2.24, 2.45) is 10.9 Å². The summed E-state index contributed by atoms with van der Waals surface area (Å²) >= 11 is 0. The van der Waals surface area contributed by atoms with E-state index in [0.29, 0.717) is 11.3 Å². The predicted octanol–water partition coefficient (Wildman–Crippen LogP) is 2.05. The van der Waals surface area contributed by atoms with Gasteiger partial charge in [0, 0.05) is 17.4 Å². The van der Waals surface area contributed by atoms with Gasteiger partial charge in [0.25, 0.3) is 5.91 Å². The lowest BCUT2D eigenvalue weighted by atomic mass is 10.1. The molecule has 0 aliphatic heterocycles. The SMILES string of the molecule is Cc1ccc(NC(=O)c2ccc(C(N)=NO)cn2)cc1C. The van der Waals surface area contributed by atoms with Gasteiger partial charge in [-0.1, -0.05) is 11.2 Å². The van der Waals surface area contributed by atoms with Crippen LogP contribution in [0.2, 0.25) is 0 Å². The Bertz CT molecular complexity index is 693. The second kappa shape index (κ2) is 6.04. The van der Waals surface area contributed by atoms with Crippen molar-refractivity contribution < 1.29 is 10.0 Å². The quantitative estimate of drug-likeness (QED) is 0.347. The molecule has 2 rings (SSSR count). The summed E-state index contributed by atoms with van der Waals surface area (Å²) in [4.78, 5) is 16.1. The van der Waals surface area contributed by atoms with Gasteiger partial charge in [0.05, 0.1) is 0 Å². The van der Waals surface area contributed by atoms with E-state index in [9.17, 15) is 4.79 Å². The zero-order chi connectivity index (χ0) is 15.4. The minimum atomic E-state index is -0.315. The topological polar surface area (TPSA) is 101 Å². The monoisotopic (exact) mass is 284 g/mol. The van der Waals surface area contributed by atoms with Gasteiger partial charge in [0.2, 0.25) is 0 Å². The van der Waals surface area contributed by atoms with Crippen LogP contribution in [-0.2, 0) is 0 Å². The molecule has 1 amide bonds. The van der Waals surface area contributed by atoms with E-state index in [1.54, 1.807) is 6.07 Å². The Labute approximate surface area is 122 Å². The third kappa shape index (κ3) is 3.36. The Balaban J connectivity index is 2.14. The average molecular weight is 284 g/mol. The number of aryl methyl sites for hydroxylation is 2. The summed E-state index contributed by atoms with van der Waals surface area (Å²) in [6.45, 7) is 3.99. The molecule has 108 valence electrons. The number of carbonyl (C=O) groups excluding carboxylic acids is 1. The first-order valence-electron chi connectivity index (χ1n) is 6.34. The summed E-state index contributed by atoms with van der Waals surface area (Å²) < 4.78 is 0. The first-order valence-corrected chi connectivity index (χ1v) is 6.34. The van der Waals surface area contributed by atoms with Crippen LogP contribution in [0.1, 0.15) is 27.2 Å². The Morgan fingerprint density at radius 3 is 2.57 bits per heavy atom. The molecule has 0 saturated carbocycles. The minimum Gasteiger partial charge on any atom is -0.409 e. The highest BCUT2D eigenvalue weighted by molar-refractivity contribution is 6.03. The van der Waals surface area contributed by atoms with Gasteiger partial charge in [0.15, 0.2) is 5.84 Å². The number of hydrogen-bond donors (Lipinski definition) is 3. The van der Waals surface area contributed by atoms with Gasteiger partial charge in [0.1, 0.15) is 5.69 Å². The summed E-state index contributed by atoms with van der Waals surface area (Å²) in [5.74, 6) is -0.368. The molecule has 2 aromatic rings. The van der Waals surface area contributed by atoms with Gasteiger partial charge < -0.3 is 16.3 Å². The molecule has 0 radical (unpaired) electrons. The second-order valence-electron chi connectivity index (χ2n) is 4.67. The minimum absolute atomic E-state index is 0.0522. The number of carbonyl (C=O) groups is 1. The zero-order valence-corrected chi connectivity index (χ0v) is 11.8. The molecule has 6 nitrogen and oxygen atoms in total. The largest absolute Gasteiger partial charge is 0.409 e. The Morgan fingerprint density at radius 1 is 1.24 bits per heavy atom. The van der Waals surface area contributed by atoms with E-state index in [-0.39, 0.29) is 17.4 Å². The van der Waals surface area contributed by atoms with E-state index in [0.717, 1.165) is 11.1 Å². The summed E-state index contributed by atoms with van der Waals surface area (Å²) in [6, 6.07) is 8.77. The number of nitrogens with one attached hydrogen (secondary N) is 1. The molecule has 1 aromatic carbocycles. The van der Waals surface area contributed by atoms with Crippen molar-refractivity contribution in [3.8, 4) is 0 Å². The number of amides is 1. The summed E-state index contributed by atoms with van der Waals surface area (Å²) in [5, 5.41) is 14.2. The molecule has 1 heterocycles. The number of amidine groups is 1. The van der Waals surface area contributed by atoms with E-state index in [1.807, 2.05) is 32.0 Å². The van der Waals surface area contributed by atoms with Crippen LogP contribution in [0.3, 0.4) is 0 Å². The average Bonchev–Trinajstić information content (AvgIpc) is 2.50. The fourth-order valence-corrected chi connectivity index (χ4v) is 1.75. The maximum atomic E-state index is 12.1. The van der Waals surface area contributed by atoms with E-state index in [2.05, 4.69) is 15.5 Å². The van der Waals surface area contributed by atoms with Crippen LogP contribution in [0.4, 0.5) is 5.69 Å².